The fourth-order valence-electron chi connectivity index (χ4n) is 3.09. The molecule has 0 N–H and O–H groups in total. The van der Waals surface area contributed by atoms with Crippen LogP contribution in [0.1, 0.15) is 88.4 Å². The van der Waals surface area contributed by atoms with E-state index in [9.17, 15) is 4.79 Å². The van der Waals surface area contributed by atoms with Crippen LogP contribution in [0.25, 0.3) is 0 Å². The Morgan fingerprint density at radius 1 is 1.24 bits per heavy atom. The lowest BCUT2D eigenvalue weighted by Gasteiger charge is -2.25. The van der Waals surface area contributed by atoms with Crippen molar-refractivity contribution in [2.45, 2.75) is 77.7 Å². The zero-order valence-electron chi connectivity index (χ0n) is 13.7. The summed E-state index contributed by atoms with van der Waals surface area (Å²) in [7, 11) is 0. The first-order valence-corrected chi connectivity index (χ1v) is 8.08. The third-order valence-electron chi connectivity index (χ3n) is 4.04. The monoisotopic (exact) mass is 293 g/mol. The molecule has 0 atom stereocenters. The van der Waals surface area contributed by atoms with Crippen molar-refractivity contribution < 1.29 is 9.53 Å². The van der Waals surface area contributed by atoms with Gasteiger partial charge in [-0.1, -0.05) is 51.7 Å². The molecule has 118 valence electrons. The van der Waals surface area contributed by atoms with Gasteiger partial charge < -0.3 is 4.74 Å². The molecule has 0 unspecified atom stereocenters. The van der Waals surface area contributed by atoms with Crippen LogP contribution in [0, 0.1) is 0 Å². The molecule has 0 aromatic carbocycles. The van der Waals surface area contributed by atoms with Gasteiger partial charge in [0, 0.05) is 5.41 Å². The van der Waals surface area contributed by atoms with Crippen LogP contribution in [0.5, 0.6) is 0 Å². The quantitative estimate of drug-likeness (QED) is 0.630. The molecule has 0 bridgehead atoms. The minimum absolute atomic E-state index is 0.183. The highest BCUT2D eigenvalue weighted by Crippen LogP contribution is 2.33. The summed E-state index contributed by atoms with van der Waals surface area (Å²) in [5.41, 5.74) is 1.11. The second-order valence-corrected chi connectivity index (χ2v) is 6.85. The molecule has 21 heavy (non-hydrogen) atoms. The molecule has 0 amide bonds. The molecule has 0 aliphatic heterocycles. The second-order valence-electron chi connectivity index (χ2n) is 6.85. The maximum Gasteiger partial charge on any atom is 0.360 e. The zero-order valence-corrected chi connectivity index (χ0v) is 13.7. The molecule has 0 spiro atoms. The second kappa shape index (κ2) is 6.58. The predicted octanol–water partition coefficient (Wildman–Crippen LogP) is 3.65. The minimum Gasteiger partial charge on any atom is -0.461 e. The molecule has 1 heterocycles. The van der Waals surface area contributed by atoms with Crippen molar-refractivity contribution in [3.05, 3.63) is 11.4 Å². The summed E-state index contributed by atoms with van der Waals surface area (Å²) in [6.45, 7) is 8.47. The molecular weight excluding hydrogens is 266 g/mol. The molecule has 5 nitrogen and oxygen atoms in total. The lowest BCUT2D eigenvalue weighted by atomic mass is 9.89. The summed E-state index contributed by atoms with van der Waals surface area (Å²) in [4.78, 5) is 12.1. The Kier molecular flexibility index (Phi) is 5.01. The Hall–Kier alpha value is -1.39. The van der Waals surface area contributed by atoms with E-state index in [-0.39, 0.29) is 11.4 Å². The number of hydrogen-bond acceptors (Lipinski definition) is 4. The van der Waals surface area contributed by atoms with E-state index >= 15 is 0 Å². The fourth-order valence-corrected chi connectivity index (χ4v) is 3.09. The maximum atomic E-state index is 12.1. The lowest BCUT2D eigenvalue weighted by Crippen LogP contribution is -2.25. The van der Waals surface area contributed by atoms with Crippen molar-refractivity contribution >= 4 is 5.97 Å². The Morgan fingerprint density at radius 2 is 1.86 bits per heavy atom. The number of esters is 1. The predicted molar refractivity (Wildman–Crippen MR) is 81.4 cm³/mol. The largest absolute Gasteiger partial charge is 0.461 e. The molecule has 5 heteroatoms. The summed E-state index contributed by atoms with van der Waals surface area (Å²) in [5, 5.41) is 8.46. The van der Waals surface area contributed by atoms with Crippen LogP contribution in [0.15, 0.2) is 0 Å². The van der Waals surface area contributed by atoms with Crippen LogP contribution >= 0.6 is 0 Å². The molecule has 0 saturated heterocycles. The lowest BCUT2D eigenvalue weighted by molar-refractivity contribution is 0.0516. The van der Waals surface area contributed by atoms with Gasteiger partial charge in [-0.05, 0) is 19.8 Å². The molecule has 1 aliphatic carbocycles. The number of rotatable bonds is 3. The van der Waals surface area contributed by atoms with Crippen molar-refractivity contribution in [1.82, 2.24) is 15.0 Å². The summed E-state index contributed by atoms with van der Waals surface area (Å²) in [6, 6.07) is 0.359. The summed E-state index contributed by atoms with van der Waals surface area (Å²) >= 11 is 0. The Morgan fingerprint density at radius 3 is 2.38 bits per heavy atom. The van der Waals surface area contributed by atoms with Gasteiger partial charge in [-0.2, -0.15) is 0 Å². The van der Waals surface area contributed by atoms with Gasteiger partial charge in [-0.25, -0.2) is 9.48 Å². The van der Waals surface area contributed by atoms with Gasteiger partial charge >= 0.3 is 5.97 Å². The highest BCUT2D eigenvalue weighted by molar-refractivity contribution is 5.88. The Balaban J connectivity index is 2.39. The summed E-state index contributed by atoms with van der Waals surface area (Å²) in [5.74, 6) is -0.359. The van der Waals surface area contributed by atoms with E-state index in [1.807, 2.05) is 11.6 Å². The highest BCUT2D eigenvalue weighted by Gasteiger charge is 2.32. The van der Waals surface area contributed by atoms with E-state index in [1.54, 1.807) is 0 Å². The van der Waals surface area contributed by atoms with Crippen LogP contribution in [-0.2, 0) is 10.2 Å². The number of aromatic nitrogens is 3. The first-order chi connectivity index (χ1) is 9.95. The number of nitrogens with zero attached hydrogens (tertiary/aromatic N) is 3. The number of hydrogen-bond donors (Lipinski definition) is 0. The average molecular weight is 293 g/mol. The smallest absolute Gasteiger partial charge is 0.360 e. The molecule has 1 saturated carbocycles. The first-order valence-electron chi connectivity index (χ1n) is 8.08. The van der Waals surface area contributed by atoms with Gasteiger partial charge in [-0.15, -0.1) is 5.10 Å². The normalized spacial score (nSPS) is 17.5. The molecule has 1 aromatic heterocycles. The van der Waals surface area contributed by atoms with Gasteiger partial charge in [0.2, 0.25) is 0 Å². The third-order valence-corrected chi connectivity index (χ3v) is 4.04. The standard InChI is InChI=1S/C16H27N3O2/c1-5-21-15(20)13-14(16(2,3)4)19(18-17-13)12-10-8-6-7-9-11-12/h12H,5-11H2,1-4H3. The number of carbonyl (C=O) groups is 1. The van der Waals surface area contributed by atoms with E-state index < -0.39 is 0 Å². The molecule has 1 fully saturated rings. The van der Waals surface area contributed by atoms with E-state index in [0.717, 1.165) is 18.5 Å². The van der Waals surface area contributed by atoms with Gasteiger partial charge in [0.05, 0.1) is 18.3 Å². The molecule has 1 aromatic rings. The van der Waals surface area contributed by atoms with Gasteiger partial charge in [0.25, 0.3) is 0 Å². The minimum atomic E-state index is -0.359. The van der Waals surface area contributed by atoms with Crippen LogP contribution in [-0.4, -0.2) is 27.6 Å². The van der Waals surface area contributed by atoms with Crippen molar-refractivity contribution in [2.24, 2.45) is 0 Å². The van der Waals surface area contributed by atoms with E-state index in [2.05, 4.69) is 31.1 Å². The third kappa shape index (κ3) is 3.63. The average Bonchev–Trinajstić information content (AvgIpc) is 2.69. The fraction of sp³-hybridized carbons (Fsp3) is 0.812. The summed E-state index contributed by atoms with van der Waals surface area (Å²) < 4.78 is 7.13. The number of carbonyl (C=O) groups excluding carboxylic acids is 1. The van der Waals surface area contributed by atoms with Gasteiger partial charge in [-0.3, -0.25) is 0 Å². The van der Waals surface area contributed by atoms with Gasteiger partial charge in [0.15, 0.2) is 5.69 Å². The van der Waals surface area contributed by atoms with Crippen molar-refractivity contribution in [3.8, 4) is 0 Å². The Labute approximate surface area is 127 Å². The van der Waals surface area contributed by atoms with Crippen LogP contribution in [0.2, 0.25) is 0 Å². The van der Waals surface area contributed by atoms with Crippen LogP contribution < -0.4 is 0 Å². The SMILES string of the molecule is CCOC(=O)c1nnn(C2CCCCCC2)c1C(C)(C)C. The van der Waals surface area contributed by atoms with E-state index in [4.69, 9.17) is 4.74 Å². The topological polar surface area (TPSA) is 57.0 Å². The van der Waals surface area contributed by atoms with Crippen LogP contribution in [0.3, 0.4) is 0 Å². The molecule has 0 radical (unpaired) electrons. The van der Waals surface area contributed by atoms with E-state index in [0.29, 0.717) is 18.3 Å². The molecule has 2 rings (SSSR count). The van der Waals surface area contributed by atoms with Crippen LogP contribution in [0.4, 0.5) is 0 Å². The van der Waals surface area contributed by atoms with Gasteiger partial charge in [0.1, 0.15) is 0 Å². The van der Waals surface area contributed by atoms with Crippen molar-refractivity contribution in [1.29, 1.82) is 0 Å². The first kappa shape index (κ1) is 16.0. The molecule has 1 aliphatic rings. The summed E-state index contributed by atoms with van der Waals surface area (Å²) in [6.07, 6.45) is 7.27. The zero-order chi connectivity index (χ0) is 15.5. The van der Waals surface area contributed by atoms with Crippen molar-refractivity contribution in [2.75, 3.05) is 6.61 Å². The highest BCUT2D eigenvalue weighted by atomic mass is 16.5. The number of ether oxygens (including phenoxy) is 1. The molecular formula is C16H27N3O2. The maximum absolute atomic E-state index is 12.1. The Bertz CT molecular complexity index is 480. The van der Waals surface area contributed by atoms with Crippen molar-refractivity contribution in [3.63, 3.8) is 0 Å². The van der Waals surface area contributed by atoms with E-state index in [1.165, 1.54) is 25.7 Å².